The van der Waals surface area contributed by atoms with Crippen LogP contribution in [0.4, 0.5) is 5.82 Å². The van der Waals surface area contributed by atoms with Gasteiger partial charge in [0.15, 0.2) is 5.82 Å². The number of hydrogen-bond acceptors (Lipinski definition) is 6. The Kier molecular flexibility index (Phi) is 8.06. The van der Waals surface area contributed by atoms with Gasteiger partial charge >= 0.3 is 51.4 Å². The Morgan fingerprint density at radius 2 is 1.67 bits per heavy atom. The van der Waals surface area contributed by atoms with Gasteiger partial charge < -0.3 is 14.8 Å². The standard InChI is InChI=1S/C20H20N4O2.K/c1-3-24(4-2)19-16(20(25)26)17(14-9-6-5-7-10-14)22-18(23-19)15-11-8-12-21-13-15;/h5-13H,3-4H2,1-2H3,(H,25,26);/q;+1/p-1. The molecule has 0 aliphatic carbocycles. The second-order valence-electron chi connectivity index (χ2n) is 5.66. The van der Waals surface area contributed by atoms with E-state index in [0.29, 0.717) is 36.0 Å². The van der Waals surface area contributed by atoms with Crippen molar-refractivity contribution in [1.29, 1.82) is 0 Å². The molecule has 3 rings (SSSR count). The van der Waals surface area contributed by atoms with Gasteiger partial charge in [-0.1, -0.05) is 30.3 Å². The monoisotopic (exact) mass is 386 g/mol. The van der Waals surface area contributed by atoms with Crippen LogP contribution in [0.5, 0.6) is 0 Å². The van der Waals surface area contributed by atoms with Crippen molar-refractivity contribution in [3.8, 4) is 22.6 Å². The number of carboxylic acid groups (broad SMARTS) is 1. The van der Waals surface area contributed by atoms with Crippen molar-refractivity contribution >= 4 is 11.8 Å². The first-order valence-corrected chi connectivity index (χ1v) is 8.49. The Morgan fingerprint density at radius 1 is 1.00 bits per heavy atom. The van der Waals surface area contributed by atoms with Gasteiger partial charge in [-0.15, -0.1) is 0 Å². The van der Waals surface area contributed by atoms with Gasteiger partial charge in [0.25, 0.3) is 0 Å². The Morgan fingerprint density at radius 3 is 2.22 bits per heavy atom. The minimum Gasteiger partial charge on any atom is -0.545 e. The second kappa shape index (κ2) is 10.1. The summed E-state index contributed by atoms with van der Waals surface area (Å²) in [7, 11) is 0. The van der Waals surface area contributed by atoms with Crippen LogP contribution >= 0.6 is 0 Å². The van der Waals surface area contributed by atoms with E-state index in [0.717, 1.165) is 5.56 Å². The average molecular weight is 386 g/mol. The van der Waals surface area contributed by atoms with E-state index in [2.05, 4.69) is 15.0 Å². The Balaban J connectivity index is 0.00000261. The molecule has 0 fully saturated rings. The molecular weight excluding hydrogens is 367 g/mol. The summed E-state index contributed by atoms with van der Waals surface area (Å²) in [5, 5.41) is 12.0. The molecule has 2 aromatic heterocycles. The predicted octanol–water partition coefficient (Wildman–Crippen LogP) is -0.581. The van der Waals surface area contributed by atoms with Crippen LogP contribution in [0.2, 0.25) is 0 Å². The summed E-state index contributed by atoms with van der Waals surface area (Å²) in [5.41, 5.74) is 1.78. The zero-order valence-corrected chi connectivity index (χ0v) is 18.8. The quantitative estimate of drug-likeness (QED) is 0.527. The molecule has 0 unspecified atom stereocenters. The molecular formula is C20H19KN4O2. The summed E-state index contributed by atoms with van der Waals surface area (Å²) >= 11 is 0. The molecule has 27 heavy (non-hydrogen) atoms. The molecule has 0 radical (unpaired) electrons. The molecule has 1 aromatic carbocycles. The maximum absolute atomic E-state index is 12.0. The third-order valence-electron chi connectivity index (χ3n) is 4.12. The molecule has 132 valence electrons. The Labute approximate surface area is 201 Å². The van der Waals surface area contributed by atoms with Crippen molar-refractivity contribution in [1.82, 2.24) is 15.0 Å². The minimum absolute atomic E-state index is 0. The molecule has 0 aliphatic rings. The first-order chi connectivity index (χ1) is 12.7. The van der Waals surface area contributed by atoms with Crippen molar-refractivity contribution in [2.24, 2.45) is 0 Å². The molecule has 0 saturated heterocycles. The maximum Gasteiger partial charge on any atom is 1.00 e. The van der Waals surface area contributed by atoms with Gasteiger partial charge in [0, 0.05) is 36.6 Å². The van der Waals surface area contributed by atoms with E-state index in [-0.39, 0.29) is 56.9 Å². The van der Waals surface area contributed by atoms with Crippen LogP contribution in [0.1, 0.15) is 24.2 Å². The zero-order chi connectivity index (χ0) is 18.5. The number of aromatic nitrogens is 3. The topological polar surface area (TPSA) is 82.0 Å². The second-order valence-corrected chi connectivity index (χ2v) is 5.66. The van der Waals surface area contributed by atoms with E-state index < -0.39 is 5.97 Å². The molecule has 0 bridgehead atoms. The fourth-order valence-corrected chi connectivity index (χ4v) is 2.82. The van der Waals surface area contributed by atoms with Crippen molar-refractivity contribution in [2.45, 2.75) is 13.8 Å². The molecule has 0 aliphatic heterocycles. The number of carbonyl (C=O) groups is 1. The summed E-state index contributed by atoms with van der Waals surface area (Å²) in [5.74, 6) is -0.491. The van der Waals surface area contributed by atoms with E-state index in [9.17, 15) is 9.90 Å². The van der Waals surface area contributed by atoms with Crippen molar-refractivity contribution < 1.29 is 61.3 Å². The Hall–Kier alpha value is -1.64. The predicted molar refractivity (Wildman–Crippen MR) is 98.6 cm³/mol. The van der Waals surface area contributed by atoms with Gasteiger partial charge in [-0.25, -0.2) is 9.97 Å². The van der Waals surface area contributed by atoms with Crippen LogP contribution in [0, 0.1) is 0 Å². The van der Waals surface area contributed by atoms with E-state index >= 15 is 0 Å². The van der Waals surface area contributed by atoms with E-state index in [1.807, 2.05) is 55.1 Å². The molecule has 0 atom stereocenters. The van der Waals surface area contributed by atoms with Crippen LogP contribution in [0.25, 0.3) is 22.6 Å². The zero-order valence-electron chi connectivity index (χ0n) is 15.7. The van der Waals surface area contributed by atoms with E-state index in [1.54, 1.807) is 18.5 Å². The largest absolute Gasteiger partial charge is 1.00 e. The third kappa shape index (κ3) is 4.80. The van der Waals surface area contributed by atoms with Crippen molar-refractivity contribution in [3.05, 3.63) is 60.4 Å². The van der Waals surface area contributed by atoms with Crippen LogP contribution in [0.15, 0.2) is 54.9 Å². The van der Waals surface area contributed by atoms with E-state index in [4.69, 9.17) is 0 Å². The molecule has 7 heteroatoms. The van der Waals surface area contributed by atoms with Crippen molar-refractivity contribution in [3.63, 3.8) is 0 Å². The molecule has 2 heterocycles. The number of aromatic carboxylic acids is 1. The number of rotatable bonds is 6. The van der Waals surface area contributed by atoms with Crippen molar-refractivity contribution in [2.75, 3.05) is 18.0 Å². The van der Waals surface area contributed by atoms with Crippen LogP contribution < -0.4 is 61.4 Å². The normalized spacial score (nSPS) is 10.1. The van der Waals surface area contributed by atoms with Crippen LogP contribution in [-0.4, -0.2) is 34.0 Å². The number of benzene rings is 1. The molecule has 0 N–H and O–H groups in total. The Bertz CT molecular complexity index is 901. The smallest absolute Gasteiger partial charge is 0.545 e. The molecule has 6 nitrogen and oxygen atoms in total. The maximum atomic E-state index is 12.0. The SMILES string of the molecule is CCN(CC)c1nc(-c2cccnc2)nc(-c2ccccc2)c1C(=O)[O-].[K+]. The molecule has 0 amide bonds. The van der Waals surface area contributed by atoms with Gasteiger partial charge in [-0.05, 0) is 26.0 Å². The number of nitrogens with zero attached hydrogens (tertiary/aromatic N) is 4. The minimum atomic E-state index is -1.29. The first kappa shape index (κ1) is 21.7. The number of anilines is 1. The third-order valence-corrected chi connectivity index (χ3v) is 4.12. The summed E-state index contributed by atoms with van der Waals surface area (Å²) in [6.45, 7) is 5.15. The fourth-order valence-electron chi connectivity index (χ4n) is 2.82. The number of carbonyl (C=O) groups excluding carboxylic acids is 1. The van der Waals surface area contributed by atoms with E-state index in [1.165, 1.54) is 0 Å². The van der Waals surface area contributed by atoms with Gasteiger partial charge in [-0.3, -0.25) is 4.98 Å². The van der Waals surface area contributed by atoms with Crippen LogP contribution in [-0.2, 0) is 0 Å². The summed E-state index contributed by atoms with van der Waals surface area (Å²) in [6, 6.07) is 12.9. The number of pyridine rings is 1. The number of carboxylic acids is 1. The molecule has 0 spiro atoms. The van der Waals surface area contributed by atoms with Gasteiger partial charge in [-0.2, -0.15) is 0 Å². The fraction of sp³-hybridized carbons (Fsp3) is 0.200. The average Bonchev–Trinajstić information content (AvgIpc) is 2.69. The summed E-state index contributed by atoms with van der Waals surface area (Å²) < 4.78 is 0. The summed E-state index contributed by atoms with van der Waals surface area (Å²) in [6.07, 6.45) is 3.33. The van der Waals surface area contributed by atoms with Gasteiger partial charge in [0.05, 0.1) is 17.2 Å². The van der Waals surface area contributed by atoms with Gasteiger partial charge in [0.2, 0.25) is 0 Å². The van der Waals surface area contributed by atoms with Gasteiger partial charge in [0.1, 0.15) is 5.82 Å². The first-order valence-electron chi connectivity index (χ1n) is 8.49. The number of hydrogen-bond donors (Lipinski definition) is 0. The molecule has 3 aromatic rings. The molecule has 0 saturated carbocycles. The summed E-state index contributed by atoms with van der Waals surface area (Å²) in [4.78, 5) is 27.1. The van der Waals surface area contributed by atoms with Crippen LogP contribution in [0.3, 0.4) is 0 Å².